The van der Waals surface area contributed by atoms with E-state index >= 15 is 0 Å². The van der Waals surface area contributed by atoms with Crippen molar-refractivity contribution in [2.45, 2.75) is 44.2 Å². The van der Waals surface area contributed by atoms with E-state index < -0.39 is 0 Å². The Morgan fingerprint density at radius 1 is 1.17 bits per heavy atom. The van der Waals surface area contributed by atoms with Crippen molar-refractivity contribution in [2.75, 3.05) is 7.11 Å². The summed E-state index contributed by atoms with van der Waals surface area (Å²) in [6.07, 6.45) is 3.52. The highest BCUT2D eigenvalue weighted by atomic mass is 79.9. The van der Waals surface area contributed by atoms with Gasteiger partial charge in [0.15, 0.2) is 11.6 Å². The zero-order valence-corrected chi connectivity index (χ0v) is 15.6. The predicted molar refractivity (Wildman–Crippen MR) is 99.0 cm³/mol. The van der Waals surface area contributed by atoms with Crippen LogP contribution in [0.25, 0.3) is 0 Å². The molecule has 0 aliphatic heterocycles. The molecule has 1 saturated carbocycles. The molecule has 0 amide bonds. The molecular formula is C20H23BrFNO. The molecule has 0 spiro atoms. The van der Waals surface area contributed by atoms with Crippen LogP contribution in [0, 0.1) is 5.82 Å². The highest BCUT2D eigenvalue weighted by Crippen LogP contribution is 2.36. The van der Waals surface area contributed by atoms with Crippen LogP contribution in [-0.4, -0.2) is 13.2 Å². The average molecular weight is 392 g/mol. The van der Waals surface area contributed by atoms with Gasteiger partial charge in [-0.25, -0.2) is 4.39 Å². The fourth-order valence-corrected chi connectivity index (χ4v) is 3.83. The van der Waals surface area contributed by atoms with Gasteiger partial charge in [0, 0.05) is 16.6 Å². The molecule has 1 aliphatic rings. The van der Waals surface area contributed by atoms with Gasteiger partial charge in [-0.15, -0.1) is 0 Å². The minimum Gasteiger partial charge on any atom is -0.494 e. The Morgan fingerprint density at radius 2 is 1.92 bits per heavy atom. The van der Waals surface area contributed by atoms with Crippen molar-refractivity contribution in [3.05, 3.63) is 63.9 Å². The van der Waals surface area contributed by atoms with E-state index in [1.54, 1.807) is 6.07 Å². The molecule has 0 heterocycles. The normalized spacial score (nSPS) is 21.7. The Hall–Kier alpha value is -1.39. The van der Waals surface area contributed by atoms with Gasteiger partial charge in [0.05, 0.1) is 7.11 Å². The van der Waals surface area contributed by atoms with E-state index in [1.807, 2.05) is 6.07 Å². The third-order valence-electron chi connectivity index (χ3n) is 4.93. The third kappa shape index (κ3) is 3.98. The number of halogens is 2. The van der Waals surface area contributed by atoms with E-state index in [9.17, 15) is 4.39 Å². The van der Waals surface area contributed by atoms with Crippen LogP contribution in [0.4, 0.5) is 4.39 Å². The molecule has 2 aromatic carbocycles. The Bertz CT molecular complexity index is 689. The Labute approximate surface area is 151 Å². The summed E-state index contributed by atoms with van der Waals surface area (Å²) in [4.78, 5) is 0. The van der Waals surface area contributed by atoms with Crippen LogP contribution in [0.3, 0.4) is 0 Å². The van der Waals surface area contributed by atoms with Crippen molar-refractivity contribution >= 4 is 15.9 Å². The summed E-state index contributed by atoms with van der Waals surface area (Å²) in [6, 6.07) is 14.4. The molecule has 1 fully saturated rings. The van der Waals surface area contributed by atoms with Crippen molar-refractivity contribution in [2.24, 2.45) is 0 Å². The molecule has 3 atom stereocenters. The van der Waals surface area contributed by atoms with Gasteiger partial charge < -0.3 is 10.1 Å². The summed E-state index contributed by atoms with van der Waals surface area (Å²) >= 11 is 3.49. The second-order valence-electron chi connectivity index (χ2n) is 6.54. The smallest absolute Gasteiger partial charge is 0.165 e. The largest absolute Gasteiger partial charge is 0.494 e. The lowest BCUT2D eigenvalue weighted by atomic mass is 9.97. The monoisotopic (exact) mass is 391 g/mol. The molecule has 128 valence electrons. The number of nitrogens with one attached hydrogen (secondary N) is 1. The van der Waals surface area contributed by atoms with E-state index in [1.165, 1.54) is 31.6 Å². The second-order valence-corrected chi connectivity index (χ2v) is 7.46. The first-order chi connectivity index (χ1) is 11.6. The van der Waals surface area contributed by atoms with Crippen molar-refractivity contribution < 1.29 is 9.13 Å². The molecule has 0 aromatic heterocycles. The van der Waals surface area contributed by atoms with Gasteiger partial charge in [-0.05, 0) is 67.5 Å². The lowest BCUT2D eigenvalue weighted by Gasteiger charge is -2.21. The van der Waals surface area contributed by atoms with Crippen LogP contribution in [0.15, 0.2) is 46.9 Å². The Balaban J connectivity index is 1.61. The number of ether oxygens (including phenoxy) is 1. The molecular weight excluding hydrogens is 369 g/mol. The quantitative estimate of drug-likeness (QED) is 0.717. The van der Waals surface area contributed by atoms with Gasteiger partial charge in [0.2, 0.25) is 0 Å². The topological polar surface area (TPSA) is 21.3 Å². The van der Waals surface area contributed by atoms with Gasteiger partial charge in [-0.2, -0.15) is 0 Å². The van der Waals surface area contributed by atoms with Crippen LogP contribution < -0.4 is 10.1 Å². The maximum absolute atomic E-state index is 13.6. The number of hydrogen-bond acceptors (Lipinski definition) is 2. The van der Waals surface area contributed by atoms with Crippen molar-refractivity contribution in [1.82, 2.24) is 5.32 Å². The summed E-state index contributed by atoms with van der Waals surface area (Å²) in [6.45, 7) is 2.12. The minimum atomic E-state index is -0.315. The number of rotatable bonds is 5. The molecule has 2 aromatic rings. The molecule has 0 saturated heterocycles. The number of hydrogen-bond donors (Lipinski definition) is 1. The number of benzene rings is 2. The summed E-state index contributed by atoms with van der Waals surface area (Å²) < 4.78 is 19.8. The molecule has 2 nitrogen and oxygen atoms in total. The van der Waals surface area contributed by atoms with E-state index in [0.717, 1.165) is 16.5 Å². The maximum Gasteiger partial charge on any atom is 0.165 e. The zero-order valence-electron chi connectivity index (χ0n) is 14.1. The van der Waals surface area contributed by atoms with Crippen LogP contribution >= 0.6 is 15.9 Å². The first-order valence-electron chi connectivity index (χ1n) is 8.41. The molecule has 0 bridgehead atoms. The van der Waals surface area contributed by atoms with Gasteiger partial charge in [-0.3, -0.25) is 0 Å². The second kappa shape index (κ2) is 7.66. The molecule has 24 heavy (non-hydrogen) atoms. The summed E-state index contributed by atoms with van der Waals surface area (Å²) in [7, 11) is 1.50. The van der Waals surface area contributed by atoms with Crippen LogP contribution in [0.2, 0.25) is 0 Å². The van der Waals surface area contributed by atoms with Crippen molar-refractivity contribution in [1.29, 1.82) is 0 Å². The highest BCUT2D eigenvalue weighted by Gasteiger charge is 2.27. The molecule has 1 unspecified atom stereocenters. The van der Waals surface area contributed by atoms with Crippen LogP contribution in [-0.2, 0) is 0 Å². The van der Waals surface area contributed by atoms with E-state index in [2.05, 4.69) is 52.4 Å². The van der Waals surface area contributed by atoms with Crippen molar-refractivity contribution in [3.63, 3.8) is 0 Å². The highest BCUT2D eigenvalue weighted by molar-refractivity contribution is 9.10. The van der Waals surface area contributed by atoms with Gasteiger partial charge in [0.1, 0.15) is 0 Å². The van der Waals surface area contributed by atoms with Gasteiger partial charge in [-0.1, -0.05) is 34.1 Å². The molecule has 4 heteroatoms. The van der Waals surface area contributed by atoms with E-state index in [4.69, 9.17) is 4.74 Å². The summed E-state index contributed by atoms with van der Waals surface area (Å²) in [5, 5.41) is 3.69. The lowest BCUT2D eigenvalue weighted by Crippen LogP contribution is -2.29. The SMILES string of the molecule is COc1cc([C@@H](C)NC2CC[C@@H](c3ccc(Br)cc3)C2)ccc1F. The molecule has 1 N–H and O–H groups in total. The molecule has 1 aliphatic carbocycles. The molecule has 0 radical (unpaired) electrons. The fraction of sp³-hybridized carbons (Fsp3) is 0.400. The van der Waals surface area contributed by atoms with E-state index in [-0.39, 0.29) is 11.9 Å². The Kier molecular flexibility index (Phi) is 5.57. The zero-order chi connectivity index (χ0) is 17.1. The average Bonchev–Trinajstić information content (AvgIpc) is 3.04. The number of methoxy groups -OCH3 is 1. The molecule has 3 rings (SSSR count). The minimum absolute atomic E-state index is 0.174. The van der Waals surface area contributed by atoms with E-state index in [0.29, 0.717) is 17.7 Å². The summed E-state index contributed by atoms with van der Waals surface area (Å²) in [5.74, 6) is 0.607. The first kappa shape index (κ1) is 17.4. The van der Waals surface area contributed by atoms with Crippen molar-refractivity contribution in [3.8, 4) is 5.75 Å². The van der Waals surface area contributed by atoms with Gasteiger partial charge >= 0.3 is 0 Å². The first-order valence-corrected chi connectivity index (χ1v) is 9.21. The van der Waals surface area contributed by atoms with Crippen LogP contribution in [0.5, 0.6) is 5.75 Å². The van der Waals surface area contributed by atoms with Gasteiger partial charge in [0.25, 0.3) is 0 Å². The standard InChI is InChI=1S/C20H23BrFNO/c1-13(15-6-10-19(22)20(12-15)24-2)23-18-9-5-16(11-18)14-3-7-17(21)8-4-14/h3-4,6-8,10,12-13,16,18,23H,5,9,11H2,1-2H3/t13-,16-,18?/m1/s1. The Morgan fingerprint density at radius 3 is 2.62 bits per heavy atom. The third-order valence-corrected chi connectivity index (χ3v) is 5.46. The van der Waals surface area contributed by atoms with Crippen LogP contribution in [0.1, 0.15) is 49.3 Å². The maximum atomic E-state index is 13.6. The lowest BCUT2D eigenvalue weighted by molar-refractivity contribution is 0.384. The summed E-state index contributed by atoms with van der Waals surface area (Å²) in [5.41, 5.74) is 2.47. The predicted octanol–water partition coefficient (Wildman–Crippen LogP) is 5.58. The fourth-order valence-electron chi connectivity index (χ4n) is 3.57.